The Morgan fingerprint density at radius 3 is 2.43 bits per heavy atom. The molecule has 146 valence electrons. The first-order valence-electron chi connectivity index (χ1n) is 9.91. The van der Waals surface area contributed by atoms with Gasteiger partial charge in [0, 0.05) is 37.9 Å². The Morgan fingerprint density at radius 2 is 1.79 bits per heavy atom. The Labute approximate surface area is 165 Å². The van der Waals surface area contributed by atoms with E-state index in [4.69, 9.17) is 0 Å². The molecule has 1 aromatic carbocycles. The first kappa shape index (κ1) is 18.5. The molecule has 3 aromatic rings. The smallest absolute Gasteiger partial charge is 0.272 e. The van der Waals surface area contributed by atoms with Gasteiger partial charge in [0.1, 0.15) is 5.69 Å². The second kappa shape index (κ2) is 7.62. The summed E-state index contributed by atoms with van der Waals surface area (Å²) in [7, 11) is 1.84. The second-order valence-electron chi connectivity index (χ2n) is 7.75. The monoisotopic (exact) mass is 377 g/mol. The molecule has 2 aromatic heterocycles. The van der Waals surface area contributed by atoms with Crippen LogP contribution in [0.5, 0.6) is 0 Å². The minimum absolute atomic E-state index is 0.0711. The third-order valence-electron chi connectivity index (χ3n) is 5.60. The van der Waals surface area contributed by atoms with Crippen LogP contribution < -0.4 is 0 Å². The highest BCUT2D eigenvalue weighted by atomic mass is 16.2. The summed E-state index contributed by atoms with van der Waals surface area (Å²) >= 11 is 0. The highest BCUT2D eigenvalue weighted by Gasteiger charge is 2.26. The number of carbonyl (C=O) groups is 1. The van der Waals surface area contributed by atoms with Gasteiger partial charge in [-0.2, -0.15) is 10.2 Å². The van der Waals surface area contributed by atoms with Gasteiger partial charge in [-0.3, -0.25) is 14.2 Å². The normalized spacial score (nSPS) is 15.2. The molecule has 1 aliphatic rings. The molecule has 3 heterocycles. The van der Waals surface area contributed by atoms with Crippen molar-refractivity contribution in [2.45, 2.75) is 33.2 Å². The zero-order chi connectivity index (χ0) is 19.7. The molecule has 1 fully saturated rings. The van der Waals surface area contributed by atoms with Crippen molar-refractivity contribution in [3.8, 4) is 11.3 Å². The van der Waals surface area contributed by atoms with Crippen molar-refractivity contribution >= 4 is 5.91 Å². The van der Waals surface area contributed by atoms with Crippen molar-refractivity contribution in [1.82, 2.24) is 24.5 Å². The van der Waals surface area contributed by atoms with E-state index in [1.165, 1.54) is 5.69 Å². The van der Waals surface area contributed by atoms with E-state index >= 15 is 0 Å². The van der Waals surface area contributed by atoms with Gasteiger partial charge in [0.25, 0.3) is 5.91 Å². The number of aromatic nitrogens is 4. The molecule has 0 saturated carbocycles. The molecule has 0 spiro atoms. The summed E-state index contributed by atoms with van der Waals surface area (Å²) in [6, 6.07) is 14.0. The van der Waals surface area contributed by atoms with Crippen LogP contribution in [0.1, 0.15) is 34.7 Å². The van der Waals surface area contributed by atoms with Gasteiger partial charge in [0.05, 0.1) is 11.4 Å². The van der Waals surface area contributed by atoms with Gasteiger partial charge in [0.2, 0.25) is 0 Å². The molecule has 0 atom stereocenters. The maximum Gasteiger partial charge on any atom is 0.272 e. The number of rotatable bonds is 4. The summed E-state index contributed by atoms with van der Waals surface area (Å²) in [6.45, 7) is 6.64. The van der Waals surface area contributed by atoms with Crippen LogP contribution in [-0.4, -0.2) is 43.5 Å². The van der Waals surface area contributed by atoms with Crippen LogP contribution in [0.15, 0.2) is 42.5 Å². The lowest BCUT2D eigenvalue weighted by molar-refractivity contribution is 0.0670. The van der Waals surface area contributed by atoms with Crippen LogP contribution in [0.4, 0.5) is 0 Å². The number of hydrogen-bond donors (Lipinski definition) is 0. The maximum atomic E-state index is 13.0. The molecular weight excluding hydrogens is 350 g/mol. The lowest BCUT2D eigenvalue weighted by Crippen LogP contribution is -2.40. The third-order valence-corrected chi connectivity index (χ3v) is 5.60. The number of amides is 1. The minimum Gasteiger partial charge on any atom is -0.337 e. The minimum atomic E-state index is 0.0711. The van der Waals surface area contributed by atoms with Crippen molar-refractivity contribution in [2.24, 2.45) is 13.0 Å². The topological polar surface area (TPSA) is 56.0 Å². The Hall–Kier alpha value is -2.89. The third kappa shape index (κ3) is 3.72. The molecule has 6 nitrogen and oxygen atoms in total. The van der Waals surface area contributed by atoms with Gasteiger partial charge < -0.3 is 4.90 Å². The molecule has 28 heavy (non-hydrogen) atoms. The van der Waals surface area contributed by atoms with Crippen molar-refractivity contribution in [3.05, 3.63) is 59.5 Å². The lowest BCUT2D eigenvalue weighted by Gasteiger charge is -2.32. The van der Waals surface area contributed by atoms with Crippen LogP contribution >= 0.6 is 0 Å². The van der Waals surface area contributed by atoms with E-state index < -0.39 is 0 Å². The van der Waals surface area contributed by atoms with Crippen LogP contribution in [0.2, 0.25) is 0 Å². The molecular formula is C22H27N5O. The predicted molar refractivity (Wildman–Crippen MR) is 109 cm³/mol. The summed E-state index contributed by atoms with van der Waals surface area (Å²) < 4.78 is 3.80. The number of hydrogen-bond acceptors (Lipinski definition) is 3. The number of benzene rings is 1. The van der Waals surface area contributed by atoms with E-state index in [1.54, 1.807) is 4.68 Å². The van der Waals surface area contributed by atoms with Gasteiger partial charge in [-0.25, -0.2) is 0 Å². The fraction of sp³-hybridized carbons (Fsp3) is 0.409. The van der Waals surface area contributed by atoms with Crippen LogP contribution in [-0.2, 0) is 13.6 Å². The summed E-state index contributed by atoms with van der Waals surface area (Å²) in [5.41, 5.74) is 4.79. The van der Waals surface area contributed by atoms with E-state index in [1.807, 2.05) is 55.3 Å². The van der Waals surface area contributed by atoms with E-state index in [-0.39, 0.29) is 5.91 Å². The molecule has 0 radical (unpaired) electrons. The molecule has 6 heteroatoms. The SMILES string of the molecule is Cc1cc(C)n(CC2CCN(C(=O)c3cc(-c4ccccc4)nn3C)CC2)n1. The largest absolute Gasteiger partial charge is 0.337 e. The standard InChI is InChI=1S/C22H27N5O/c1-16-13-17(2)27(23-16)15-18-9-11-26(12-10-18)22(28)21-14-20(24-25(21)3)19-7-5-4-6-8-19/h4-8,13-14,18H,9-12,15H2,1-3H3. The van der Waals surface area contributed by atoms with Crippen molar-refractivity contribution in [2.75, 3.05) is 13.1 Å². The molecule has 1 saturated heterocycles. The lowest BCUT2D eigenvalue weighted by atomic mass is 9.96. The number of piperidine rings is 1. The summed E-state index contributed by atoms with van der Waals surface area (Å²) in [6.07, 6.45) is 2.01. The van der Waals surface area contributed by atoms with Crippen molar-refractivity contribution in [3.63, 3.8) is 0 Å². The predicted octanol–water partition coefficient (Wildman–Crippen LogP) is 3.45. The molecule has 0 N–H and O–H groups in total. The summed E-state index contributed by atoms with van der Waals surface area (Å²) in [5.74, 6) is 0.634. The maximum absolute atomic E-state index is 13.0. The van der Waals surface area contributed by atoms with Crippen LogP contribution in [0.3, 0.4) is 0 Å². The van der Waals surface area contributed by atoms with E-state index in [0.717, 1.165) is 49.4 Å². The molecule has 1 amide bonds. The van der Waals surface area contributed by atoms with Crippen molar-refractivity contribution < 1.29 is 4.79 Å². The van der Waals surface area contributed by atoms with Gasteiger partial charge in [-0.05, 0) is 44.7 Å². The Balaban J connectivity index is 1.40. The highest BCUT2D eigenvalue weighted by molar-refractivity contribution is 5.93. The Bertz CT molecular complexity index is 964. The fourth-order valence-corrected chi connectivity index (χ4v) is 4.00. The molecule has 0 bridgehead atoms. The second-order valence-corrected chi connectivity index (χ2v) is 7.75. The van der Waals surface area contributed by atoms with Gasteiger partial charge >= 0.3 is 0 Å². The first-order valence-corrected chi connectivity index (χ1v) is 9.91. The quantitative estimate of drug-likeness (QED) is 0.700. The van der Waals surface area contributed by atoms with Gasteiger partial charge in [0.15, 0.2) is 0 Å². The van der Waals surface area contributed by atoms with Gasteiger partial charge in [-0.1, -0.05) is 30.3 Å². The van der Waals surface area contributed by atoms with Gasteiger partial charge in [-0.15, -0.1) is 0 Å². The summed E-state index contributed by atoms with van der Waals surface area (Å²) in [5, 5.41) is 9.11. The zero-order valence-corrected chi connectivity index (χ0v) is 16.8. The molecule has 1 aliphatic heterocycles. The number of aryl methyl sites for hydroxylation is 3. The highest BCUT2D eigenvalue weighted by Crippen LogP contribution is 2.23. The zero-order valence-electron chi connectivity index (χ0n) is 16.8. The Kier molecular flexibility index (Phi) is 5.03. The van der Waals surface area contributed by atoms with E-state index in [2.05, 4.69) is 27.9 Å². The van der Waals surface area contributed by atoms with E-state index in [9.17, 15) is 4.79 Å². The fourth-order valence-electron chi connectivity index (χ4n) is 4.00. The van der Waals surface area contributed by atoms with E-state index in [0.29, 0.717) is 11.6 Å². The average Bonchev–Trinajstić information content (AvgIpc) is 3.24. The number of nitrogens with zero attached hydrogens (tertiary/aromatic N) is 5. The van der Waals surface area contributed by atoms with Crippen LogP contribution in [0.25, 0.3) is 11.3 Å². The molecule has 0 unspecified atom stereocenters. The summed E-state index contributed by atoms with van der Waals surface area (Å²) in [4.78, 5) is 15.0. The Morgan fingerprint density at radius 1 is 1.07 bits per heavy atom. The van der Waals surface area contributed by atoms with Crippen LogP contribution in [0, 0.1) is 19.8 Å². The number of likely N-dealkylation sites (tertiary alicyclic amines) is 1. The molecule has 0 aliphatic carbocycles. The number of carbonyl (C=O) groups excluding carboxylic acids is 1. The first-order chi connectivity index (χ1) is 13.5. The molecule has 4 rings (SSSR count). The van der Waals surface area contributed by atoms with Crippen molar-refractivity contribution in [1.29, 1.82) is 0 Å². The average molecular weight is 377 g/mol.